The van der Waals surface area contributed by atoms with Gasteiger partial charge in [0.1, 0.15) is 18.2 Å². The summed E-state index contributed by atoms with van der Waals surface area (Å²) in [6, 6.07) is 24.6. The molecule has 6 heteroatoms. The molecule has 0 saturated heterocycles. The number of ether oxygens (including phenoxy) is 1. The highest BCUT2D eigenvalue weighted by Gasteiger charge is 2.20. The van der Waals surface area contributed by atoms with Crippen molar-refractivity contribution in [3.8, 4) is 5.75 Å². The van der Waals surface area contributed by atoms with E-state index in [1.807, 2.05) is 48.5 Å². The largest absolute Gasteiger partial charge is 0.490 e. The Kier molecular flexibility index (Phi) is 5.24. The molecule has 0 spiro atoms. The third-order valence-corrected chi connectivity index (χ3v) is 5.82. The Balaban J connectivity index is 1.50. The second-order valence-corrected chi connectivity index (χ2v) is 8.08. The van der Waals surface area contributed by atoms with Crippen LogP contribution < -0.4 is 15.0 Å². The fourth-order valence-corrected chi connectivity index (χ4v) is 4.20. The van der Waals surface area contributed by atoms with Crippen molar-refractivity contribution in [3.05, 3.63) is 88.4 Å². The first kappa shape index (κ1) is 18.9. The van der Waals surface area contributed by atoms with Gasteiger partial charge in [0.15, 0.2) is 0 Å². The zero-order chi connectivity index (χ0) is 20.3. The number of fused-ring (bicyclic) bond motifs is 2. The molecule has 5 nitrogen and oxygen atoms in total. The van der Waals surface area contributed by atoms with Crippen molar-refractivity contribution in [1.29, 1.82) is 0 Å². The molecule has 1 aliphatic heterocycles. The summed E-state index contributed by atoms with van der Waals surface area (Å²) in [5.41, 5.74) is 3.26. The maximum absolute atomic E-state index is 5.99. The van der Waals surface area contributed by atoms with Crippen LogP contribution in [-0.2, 0) is 13.1 Å². The molecule has 0 bridgehead atoms. The molecule has 0 unspecified atom stereocenters. The van der Waals surface area contributed by atoms with Crippen molar-refractivity contribution in [1.82, 2.24) is 9.97 Å². The number of hydrogen-bond donors (Lipinski definition) is 1. The SMILES string of the molecule is Brc1cccc2c1OCCN(c1nc(NCc3ccccc3)c3ccccc3n1)C2. The number of halogens is 1. The first-order valence-electron chi connectivity index (χ1n) is 9.97. The topological polar surface area (TPSA) is 50.3 Å². The van der Waals surface area contributed by atoms with Crippen molar-refractivity contribution in [2.45, 2.75) is 13.1 Å². The van der Waals surface area contributed by atoms with Crippen molar-refractivity contribution in [3.63, 3.8) is 0 Å². The zero-order valence-corrected chi connectivity index (χ0v) is 18.0. The third kappa shape index (κ3) is 3.83. The summed E-state index contributed by atoms with van der Waals surface area (Å²) in [5, 5.41) is 4.53. The highest BCUT2D eigenvalue weighted by Crippen LogP contribution is 2.33. The average molecular weight is 461 g/mol. The van der Waals surface area contributed by atoms with Gasteiger partial charge in [-0.2, -0.15) is 4.98 Å². The lowest BCUT2D eigenvalue weighted by atomic mass is 10.2. The molecule has 0 saturated carbocycles. The molecule has 1 aliphatic rings. The van der Waals surface area contributed by atoms with Gasteiger partial charge in [-0.1, -0.05) is 54.6 Å². The molecule has 0 amide bonds. The summed E-state index contributed by atoms with van der Waals surface area (Å²) in [5.74, 6) is 2.46. The minimum atomic E-state index is 0.582. The molecule has 30 heavy (non-hydrogen) atoms. The predicted octanol–water partition coefficient (Wildman–Crippen LogP) is 5.40. The summed E-state index contributed by atoms with van der Waals surface area (Å²) in [4.78, 5) is 12.0. The van der Waals surface area contributed by atoms with E-state index in [1.165, 1.54) is 5.56 Å². The molecule has 5 rings (SSSR count). The van der Waals surface area contributed by atoms with Gasteiger partial charge < -0.3 is 15.0 Å². The first-order valence-corrected chi connectivity index (χ1v) is 10.8. The maximum Gasteiger partial charge on any atom is 0.228 e. The summed E-state index contributed by atoms with van der Waals surface area (Å²) in [6.45, 7) is 2.71. The fourth-order valence-electron chi connectivity index (χ4n) is 3.68. The average Bonchev–Trinajstić information content (AvgIpc) is 3.02. The van der Waals surface area contributed by atoms with Crippen LogP contribution in [0.4, 0.5) is 11.8 Å². The van der Waals surface area contributed by atoms with E-state index in [9.17, 15) is 0 Å². The Bertz CT molecular complexity index is 1180. The lowest BCUT2D eigenvalue weighted by Gasteiger charge is -2.21. The number of benzene rings is 3. The van der Waals surface area contributed by atoms with E-state index >= 15 is 0 Å². The molecule has 0 radical (unpaired) electrons. The molecular weight excluding hydrogens is 440 g/mol. The third-order valence-electron chi connectivity index (χ3n) is 5.19. The number of para-hydroxylation sites is 2. The van der Waals surface area contributed by atoms with Crippen LogP contribution in [0.15, 0.2) is 77.3 Å². The Hall–Kier alpha value is -3.12. The summed E-state index contributed by atoms with van der Waals surface area (Å²) in [7, 11) is 0. The number of aromatic nitrogens is 2. The van der Waals surface area contributed by atoms with Gasteiger partial charge in [-0.3, -0.25) is 0 Å². The normalized spacial score (nSPS) is 13.4. The van der Waals surface area contributed by atoms with E-state index in [4.69, 9.17) is 14.7 Å². The maximum atomic E-state index is 5.99. The van der Waals surface area contributed by atoms with Gasteiger partial charge >= 0.3 is 0 Å². The Morgan fingerprint density at radius 1 is 0.933 bits per heavy atom. The van der Waals surface area contributed by atoms with E-state index in [-0.39, 0.29) is 0 Å². The van der Waals surface area contributed by atoms with Crippen LogP contribution in [0.25, 0.3) is 10.9 Å². The highest BCUT2D eigenvalue weighted by atomic mass is 79.9. The van der Waals surface area contributed by atoms with Crippen LogP contribution in [0, 0.1) is 0 Å². The van der Waals surface area contributed by atoms with Gasteiger partial charge in [0.25, 0.3) is 0 Å². The minimum Gasteiger partial charge on any atom is -0.490 e. The highest BCUT2D eigenvalue weighted by molar-refractivity contribution is 9.10. The van der Waals surface area contributed by atoms with Crippen molar-refractivity contribution < 1.29 is 4.74 Å². The fraction of sp³-hybridized carbons (Fsp3) is 0.167. The molecule has 1 N–H and O–H groups in total. The summed E-state index contributed by atoms with van der Waals surface area (Å²) in [6.07, 6.45) is 0. The summed E-state index contributed by atoms with van der Waals surface area (Å²) < 4.78 is 6.97. The van der Waals surface area contributed by atoms with Crippen molar-refractivity contribution in [2.75, 3.05) is 23.4 Å². The molecule has 0 atom stereocenters. The van der Waals surface area contributed by atoms with Gasteiger partial charge in [0.05, 0.1) is 16.5 Å². The Morgan fingerprint density at radius 2 is 1.77 bits per heavy atom. The van der Waals surface area contributed by atoms with E-state index < -0.39 is 0 Å². The number of hydrogen-bond acceptors (Lipinski definition) is 5. The van der Waals surface area contributed by atoms with Crippen molar-refractivity contribution in [2.24, 2.45) is 0 Å². The second kappa shape index (κ2) is 8.32. The van der Waals surface area contributed by atoms with Gasteiger partial charge in [-0.15, -0.1) is 0 Å². The van der Waals surface area contributed by atoms with E-state index in [0.717, 1.165) is 39.1 Å². The zero-order valence-electron chi connectivity index (χ0n) is 16.4. The van der Waals surface area contributed by atoms with Crippen LogP contribution in [0.1, 0.15) is 11.1 Å². The van der Waals surface area contributed by atoms with Gasteiger partial charge in [-0.05, 0) is 39.7 Å². The van der Waals surface area contributed by atoms with Gasteiger partial charge in [0, 0.05) is 24.0 Å². The number of nitrogens with one attached hydrogen (secondary N) is 1. The Labute approximate surface area is 183 Å². The molecule has 0 aliphatic carbocycles. The molecule has 0 fully saturated rings. The van der Waals surface area contributed by atoms with Crippen molar-refractivity contribution >= 4 is 38.6 Å². The summed E-state index contributed by atoms with van der Waals surface area (Å²) >= 11 is 3.60. The molecular formula is C24H21BrN4O. The molecule has 150 valence electrons. The molecule has 2 heterocycles. The monoisotopic (exact) mass is 460 g/mol. The van der Waals surface area contributed by atoms with Crippen LogP contribution >= 0.6 is 15.9 Å². The first-order chi connectivity index (χ1) is 14.8. The molecule has 4 aromatic rings. The number of anilines is 2. The van der Waals surface area contributed by atoms with E-state index in [0.29, 0.717) is 25.6 Å². The van der Waals surface area contributed by atoms with Crippen LogP contribution in [0.5, 0.6) is 5.75 Å². The standard InChI is InChI=1S/C24H21BrN4O/c25-20-11-6-9-18-16-29(13-14-30-22(18)20)24-27-21-12-5-4-10-19(21)23(28-24)26-15-17-7-2-1-3-8-17/h1-12H,13-16H2,(H,26,27,28). The smallest absolute Gasteiger partial charge is 0.228 e. The predicted molar refractivity (Wildman–Crippen MR) is 124 cm³/mol. The number of rotatable bonds is 4. The minimum absolute atomic E-state index is 0.582. The van der Waals surface area contributed by atoms with Gasteiger partial charge in [-0.25, -0.2) is 4.98 Å². The molecule has 1 aromatic heterocycles. The van der Waals surface area contributed by atoms with E-state index in [2.05, 4.69) is 50.4 Å². The van der Waals surface area contributed by atoms with E-state index in [1.54, 1.807) is 0 Å². The van der Waals surface area contributed by atoms with Crippen LogP contribution in [0.2, 0.25) is 0 Å². The lowest BCUT2D eigenvalue weighted by molar-refractivity contribution is 0.329. The van der Waals surface area contributed by atoms with Gasteiger partial charge in [0.2, 0.25) is 5.95 Å². The number of nitrogens with zero attached hydrogens (tertiary/aromatic N) is 3. The quantitative estimate of drug-likeness (QED) is 0.441. The second-order valence-electron chi connectivity index (χ2n) is 7.23. The lowest BCUT2D eigenvalue weighted by Crippen LogP contribution is -2.27. The molecule has 3 aromatic carbocycles. The Morgan fingerprint density at radius 3 is 2.67 bits per heavy atom. The van der Waals surface area contributed by atoms with Crippen LogP contribution in [0.3, 0.4) is 0 Å². The van der Waals surface area contributed by atoms with Crippen LogP contribution in [-0.4, -0.2) is 23.1 Å².